The summed E-state index contributed by atoms with van der Waals surface area (Å²) in [6.45, 7) is -0.0554. The summed E-state index contributed by atoms with van der Waals surface area (Å²) in [5.74, 6) is 0.335. The van der Waals surface area contributed by atoms with Crippen molar-refractivity contribution in [3.05, 3.63) is 54.1 Å². The number of amides is 2. The molecule has 0 spiro atoms. The number of nitrogens with zero attached hydrogens (tertiary/aromatic N) is 1. The van der Waals surface area contributed by atoms with Crippen LogP contribution >= 0.6 is 0 Å². The Morgan fingerprint density at radius 1 is 1.00 bits per heavy atom. The van der Waals surface area contributed by atoms with E-state index in [9.17, 15) is 9.59 Å². The monoisotopic (exact) mass is 355 g/mol. The second-order valence-electron chi connectivity index (χ2n) is 6.08. The van der Waals surface area contributed by atoms with Gasteiger partial charge in [-0.25, -0.2) is 0 Å². The molecule has 2 aromatic carbocycles. The fourth-order valence-electron chi connectivity index (χ4n) is 2.47. The Labute approximate surface area is 154 Å². The first-order valence-electron chi connectivity index (χ1n) is 8.45. The highest BCUT2D eigenvalue weighted by atomic mass is 16.5. The van der Waals surface area contributed by atoms with Crippen molar-refractivity contribution >= 4 is 23.2 Å². The Morgan fingerprint density at radius 2 is 1.69 bits per heavy atom. The third-order valence-corrected chi connectivity index (χ3v) is 3.93. The van der Waals surface area contributed by atoms with Crippen LogP contribution in [-0.2, 0) is 16.0 Å². The van der Waals surface area contributed by atoms with Gasteiger partial charge >= 0.3 is 0 Å². The van der Waals surface area contributed by atoms with Gasteiger partial charge in [0.2, 0.25) is 11.8 Å². The number of methoxy groups -OCH3 is 1. The topological polar surface area (TPSA) is 70.7 Å². The number of hydrogen-bond acceptors (Lipinski definition) is 4. The van der Waals surface area contributed by atoms with Crippen molar-refractivity contribution in [2.24, 2.45) is 0 Å². The minimum atomic E-state index is -0.256. The zero-order chi connectivity index (χ0) is 18.9. The molecule has 0 aliphatic heterocycles. The number of anilines is 2. The minimum absolute atomic E-state index is 0.0554. The number of carbonyl (C=O) groups excluding carboxylic acids is 2. The van der Waals surface area contributed by atoms with Crippen molar-refractivity contribution in [3.63, 3.8) is 0 Å². The number of rotatable bonds is 8. The third kappa shape index (κ3) is 5.81. The van der Waals surface area contributed by atoms with E-state index in [1.54, 1.807) is 7.11 Å². The van der Waals surface area contributed by atoms with Gasteiger partial charge in [-0.2, -0.15) is 0 Å². The van der Waals surface area contributed by atoms with E-state index >= 15 is 0 Å². The number of nitrogens with one attached hydrogen (secondary N) is 2. The van der Waals surface area contributed by atoms with Gasteiger partial charge in [-0.1, -0.05) is 18.2 Å². The van der Waals surface area contributed by atoms with Gasteiger partial charge in [0.15, 0.2) is 0 Å². The van der Waals surface area contributed by atoms with Crippen LogP contribution < -0.4 is 20.3 Å². The lowest BCUT2D eigenvalue weighted by molar-refractivity contribution is -0.124. The molecule has 0 bridgehead atoms. The van der Waals surface area contributed by atoms with Crippen molar-refractivity contribution in [3.8, 4) is 5.75 Å². The molecule has 0 heterocycles. The quantitative estimate of drug-likeness (QED) is 0.763. The lowest BCUT2D eigenvalue weighted by Gasteiger charge is -2.13. The summed E-state index contributed by atoms with van der Waals surface area (Å²) < 4.78 is 5.27. The molecule has 6 heteroatoms. The molecule has 2 amide bonds. The van der Waals surface area contributed by atoms with Gasteiger partial charge in [-0.05, 0) is 42.3 Å². The number of aryl methyl sites for hydroxylation is 1. The van der Waals surface area contributed by atoms with Crippen LogP contribution in [0, 0.1) is 0 Å². The molecule has 0 aromatic heterocycles. The Hall–Kier alpha value is -3.02. The van der Waals surface area contributed by atoms with Gasteiger partial charge < -0.3 is 20.3 Å². The van der Waals surface area contributed by atoms with Gasteiger partial charge in [0, 0.05) is 31.9 Å². The maximum absolute atomic E-state index is 12.0. The minimum Gasteiger partial charge on any atom is -0.496 e. The molecule has 138 valence electrons. The Bertz CT molecular complexity index is 742. The Balaban J connectivity index is 1.75. The first-order valence-corrected chi connectivity index (χ1v) is 8.45. The molecule has 2 rings (SSSR count). The average Bonchev–Trinajstić information content (AvgIpc) is 2.65. The van der Waals surface area contributed by atoms with E-state index in [1.807, 2.05) is 67.5 Å². The van der Waals surface area contributed by atoms with Crippen LogP contribution in [0.2, 0.25) is 0 Å². The predicted molar refractivity (Wildman–Crippen MR) is 104 cm³/mol. The maximum atomic E-state index is 12.0. The molecular formula is C20H25N3O3. The molecule has 2 N–H and O–H groups in total. The summed E-state index contributed by atoms with van der Waals surface area (Å²) in [6, 6.07) is 15.1. The normalized spacial score (nSPS) is 10.1. The van der Waals surface area contributed by atoms with E-state index in [4.69, 9.17) is 4.74 Å². The van der Waals surface area contributed by atoms with E-state index in [0.29, 0.717) is 18.5 Å². The van der Waals surface area contributed by atoms with Crippen LogP contribution in [0.15, 0.2) is 48.5 Å². The summed E-state index contributed by atoms with van der Waals surface area (Å²) in [6.07, 6.45) is 0.856. The molecule has 0 saturated heterocycles. The molecule has 2 aromatic rings. The number of ether oxygens (including phenoxy) is 1. The molecule has 0 unspecified atom stereocenters. The number of hydrogen-bond donors (Lipinski definition) is 2. The van der Waals surface area contributed by atoms with Crippen LogP contribution in [0.3, 0.4) is 0 Å². The number of para-hydroxylation sites is 1. The van der Waals surface area contributed by atoms with Gasteiger partial charge in [0.1, 0.15) is 5.75 Å². The molecular weight excluding hydrogens is 330 g/mol. The highest BCUT2D eigenvalue weighted by molar-refractivity contribution is 5.94. The molecule has 6 nitrogen and oxygen atoms in total. The molecule has 0 radical (unpaired) electrons. The molecule has 0 saturated carbocycles. The summed E-state index contributed by atoms with van der Waals surface area (Å²) in [5, 5.41) is 5.40. The van der Waals surface area contributed by atoms with Crippen LogP contribution in [0.4, 0.5) is 11.4 Å². The van der Waals surface area contributed by atoms with Crippen molar-refractivity contribution < 1.29 is 14.3 Å². The highest BCUT2D eigenvalue weighted by Crippen LogP contribution is 2.18. The molecule has 0 atom stereocenters. The average molecular weight is 355 g/mol. The van der Waals surface area contributed by atoms with E-state index in [0.717, 1.165) is 17.0 Å². The standard InChI is InChI=1S/C20H25N3O3/c1-23(2)17-11-9-16(10-12-17)22-20(25)14-21-19(24)13-8-15-6-4-5-7-18(15)26-3/h4-7,9-12H,8,13-14H2,1-3H3,(H,21,24)(H,22,25). The van der Waals surface area contributed by atoms with Crippen LogP contribution in [0.1, 0.15) is 12.0 Å². The van der Waals surface area contributed by atoms with Crippen molar-refractivity contribution in [2.45, 2.75) is 12.8 Å². The van der Waals surface area contributed by atoms with Crippen molar-refractivity contribution in [1.82, 2.24) is 5.32 Å². The predicted octanol–water partition coefficient (Wildman–Crippen LogP) is 2.45. The zero-order valence-corrected chi connectivity index (χ0v) is 15.4. The van der Waals surface area contributed by atoms with Crippen LogP contribution in [0.25, 0.3) is 0 Å². The van der Waals surface area contributed by atoms with E-state index < -0.39 is 0 Å². The van der Waals surface area contributed by atoms with E-state index in [1.165, 1.54) is 0 Å². The number of carbonyl (C=O) groups is 2. The molecule has 0 aliphatic carbocycles. The van der Waals surface area contributed by atoms with Gasteiger partial charge in [0.05, 0.1) is 13.7 Å². The zero-order valence-electron chi connectivity index (χ0n) is 15.4. The molecule has 0 fully saturated rings. The maximum Gasteiger partial charge on any atom is 0.243 e. The first kappa shape index (κ1) is 19.3. The van der Waals surface area contributed by atoms with Crippen molar-refractivity contribution in [2.75, 3.05) is 38.0 Å². The molecule has 26 heavy (non-hydrogen) atoms. The van der Waals surface area contributed by atoms with E-state index in [-0.39, 0.29) is 18.4 Å². The SMILES string of the molecule is COc1ccccc1CCC(=O)NCC(=O)Nc1ccc(N(C)C)cc1. The largest absolute Gasteiger partial charge is 0.496 e. The second kappa shape index (κ2) is 9.46. The van der Waals surface area contributed by atoms with E-state index in [2.05, 4.69) is 10.6 Å². The van der Waals surface area contributed by atoms with Crippen molar-refractivity contribution in [1.29, 1.82) is 0 Å². The highest BCUT2D eigenvalue weighted by Gasteiger charge is 2.08. The van der Waals surface area contributed by atoms with Gasteiger partial charge in [-0.15, -0.1) is 0 Å². The summed E-state index contributed by atoms with van der Waals surface area (Å²) in [4.78, 5) is 25.9. The lowest BCUT2D eigenvalue weighted by atomic mass is 10.1. The fourth-order valence-corrected chi connectivity index (χ4v) is 2.47. The summed E-state index contributed by atoms with van der Waals surface area (Å²) in [5.41, 5.74) is 2.71. The summed E-state index contributed by atoms with van der Waals surface area (Å²) in [7, 11) is 5.51. The number of benzene rings is 2. The van der Waals surface area contributed by atoms with Gasteiger partial charge in [-0.3, -0.25) is 9.59 Å². The first-order chi connectivity index (χ1) is 12.5. The van der Waals surface area contributed by atoms with Crippen LogP contribution in [-0.4, -0.2) is 39.6 Å². The Morgan fingerprint density at radius 3 is 2.35 bits per heavy atom. The van der Waals surface area contributed by atoms with Gasteiger partial charge in [0.25, 0.3) is 0 Å². The lowest BCUT2D eigenvalue weighted by Crippen LogP contribution is -2.33. The fraction of sp³-hybridized carbons (Fsp3) is 0.300. The third-order valence-electron chi connectivity index (χ3n) is 3.93. The summed E-state index contributed by atoms with van der Waals surface area (Å²) >= 11 is 0. The molecule has 0 aliphatic rings. The van der Waals surface area contributed by atoms with Crippen LogP contribution in [0.5, 0.6) is 5.75 Å². The smallest absolute Gasteiger partial charge is 0.243 e. The Kier molecular flexibility index (Phi) is 7.02. The second-order valence-corrected chi connectivity index (χ2v) is 6.08.